The topological polar surface area (TPSA) is 199 Å². The van der Waals surface area contributed by atoms with E-state index in [1.807, 2.05) is 146 Å². The molecule has 0 atom stereocenters. The van der Waals surface area contributed by atoms with Crippen LogP contribution in [0, 0.1) is 27.7 Å². The van der Waals surface area contributed by atoms with Crippen LogP contribution in [0.4, 0.5) is 0 Å². The van der Waals surface area contributed by atoms with Crippen LogP contribution < -0.4 is 0 Å². The van der Waals surface area contributed by atoms with Gasteiger partial charge in [-0.2, -0.15) is 0 Å². The molecule has 0 unspecified atom stereocenters. The van der Waals surface area contributed by atoms with Crippen LogP contribution >= 0.6 is 68.0 Å². The number of phenolic OH excluding ortho intramolecular Hbond substituents is 6. The fraction of sp³-hybridized carbons (Fsp3) is 0.0317. The maximum absolute atomic E-state index is 10.2. The summed E-state index contributed by atoms with van der Waals surface area (Å²) in [6.07, 6.45) is 0. The Balaban J connectivity index is 0.000000116. The van der Waals surface area contributed by atoms with E-state index >= 15 is 0 Å². The van der Waals surface area contributed by atoms with Crippen molar-refractivity contribution in [2.45, 2.75) is 27.7 Å². The molecule has 12 nitrogen and oxygen atoms in total. The van der Waals surface area contributed by atoms with E-state index in [0.29, 0.717) is 0 Å². The molecule has 26 aromatic rings. The second kappa shape index (κ2) is 46.1. The third-order valence-electron chi connectivity index (χ3n) is 25.2. The molecule has 6 aromatic heterocycles. The van der Waals surface area contributed by atoms with Crippen LogP contribution in [0.3, 0.4) is 0 Å². The van der Waals surface area contributed by atoms with Crippen molar-refractivity contribution >= 4 is 151 Å². The van der Waals surface area contributed by atoms with Gasteiger partial charge in [-0.05, 0) is 261 Å². The first kappa shape index (κ1) is 102. The molecule has 26 rings (SSSR count). The number of rotatable bonds is 12. The molecule has 0 bridgehead atoms. The average molecular weight is 2170 g/mol. The Kier molecular flexibility index (Phi) is 32.0. The molecular formula is C126H90N6O6S6Zn3. The summed E-state index contributed by atoms with van der Waals surface area (Å²) in [5, 5.41) is 70.5. The van der Waals surface area contributed by atoms with Crippen molar-refractivity contribution in [3.63, 3.8) is 0 Å². The Bertz CT molecular complexity index is 8430. The molecule has 0 aliphatic carbocycles. The van der Waals surface area contributed by atoms with Crippen LogP contribution in [0.2, 0.25) is 0 Å². The van der Waals surface area contributed by atoms with Crippen LogP contribution in [0.1, 0.15) is 22.3 Å². The monoisotopic (exact) mass is 2170 g/mol. The van der Waals surface area contributed by atoms with Gasteiger partial charge in [-0.1, -0.05) is 303 Å². The maximum Gasteiger partial charge on any atom is 0.128 e. The summed E-state index contributed by atoms with van der Waals surface area (Å²) in [7, 11) is 0. The molecule has 147 heavy (non-hydrogen) atoms. The van der Waals surface area contributed by atoms with Crippen LogP contribution in [0.25, 0.3) is 213 Å². The van der Waals surface area contributed by atoms with Crippen molar-refractivity contribution in [3.05, 3.63) is 459 Å². The molecule has 0 aliphatic heterocycles. The number of benzene rings is 20. The number of aryl methyl sites for hydroxylation is 4. The number of para-hydroxylation sites is 6. The van der Waals surface area contributed by atoms with E-state index in [0.717, 1.165) is 136 Å². The first-order valence-electron chi connectivity index (χ1n) is 46.8. The van der Waals surface area contributed by atoms with Crippen LogP contribution in [0.15, 0.2) is 437 Å². The number of thiazole rings is 6. The van der Waals surface area contributed by atoms with E-state index in [4.69, 9.17) is 19.9 Å². The zero-order valence-electron chi connectivity index (χ0n) is 80.5. The fourth-order valence-corrected chi connectivity index (χ4v) is 24.0. The van der Waals surface area contributed by atoms with Crippen molar-refractivity contribution in [2.75, 3.05) is 0 Å². The summed E-state index contributed by atoms with van der Waals surface area (Å²) in [5.41, 5.74) is 29.7. The number of nitrogens with zero attached hydrogens (tertiary/aromatic N) is 6. The summed E-state index contributed by atoms with van der Waals surface area (Å²) >= 11 is 9.70. The summed E-state index contributed by atoms with van der Waals surface area (Å²) < 4.78 is 6.85. The number of fused-ring (bicyclic) bond motifs is 10. The van der Waals surface area contributed by atoms with Gasteiger partial charge >= 0.3 is 0 Å². The van der Waals surface area contributed by atoms with Crippen molar-refractivity contribution in [1.29, 1.82) is 0 Å². The molecule has 0 saturated carbocycles. The van der Waals surface area contributed by atoms with Gasteiger partial charge in [-0.15, -0.1) is 68.0 Å². The number of hydrogen-bond acceptors (Lipinski definition) is 18. The van der Waals surface area contributed by atoms with E-state index < -0.39 is 0 Å². The Morgan fingerprint density at radius 3 is 0.585 bits per heavy atom. The van der Waals surface area contributed by atoms with Gasteiger partial charge in [-0.3, -0.25) is 0 Å². The molecule has 0 aliphatic rings. The van der Waals surface area contributed by atoms with E-state index in [-0.39, 0.29) is 92.9 Å². The molecule has 21 heteroatoms. The second-order valence-electron chi connectivity index (χ2n) is 34.6. The largest absolute Gasteiger partial charge is 0.507 e. The minimum atomic E-state index is 0. The zero-order chi connectivity index (χ0) is 98.3. The number of aromatic nitrogens is 6. The molecule has 702 valence electrons. The SMILES string of the molecule is Cc1cc2nc(-c3ccccc3O)sc2cc1C.Cc1cc2nc(-c3ccccc3O)sc2cc1C.Oc1ccccc1-c1nc2cc(-c3ccccc3)c(-c3ccccc3)cc2s1.Oc1ccccc1-c1nc2cc(-c3ccccc3)c(-c3ccccc3)cc2s1.Oc1ccccc1-c1nc2cc(-c3ccccc3)c3ccccc3c2s1.Oc1ccccc1-c1nc2cc(-c3ccccc3)c3ccccc3c2s1.[Zn].[Zn].[Zn]. The first-order valence-corrected chi connectivity index (χ1v) is 51.7. The summed E-state index contributed by atoms with van der Waals surface area (Å²) in [6.45, 7) is 8.39. The van der Waals surface area contributed by atoms with Gasteiger partial charge in [0.05, 0.1) is 94.7 Å². The number of hydrogen-bond donors (Lipinski definition) is 6. The van der Waals surface area contributed by atoms with Crippen molar-refractivity contribution in [1.82, 2.24) is 29.9 Å². The standard InChI is InChI=1S/2C25H17NOS.2C23H15NOS.2C15H13NOS.3Zn/c2*27-23-14-8-7-13-19(23)25-26-22-15-20(17-9-3-1-4-10-17)21(16-24(22)28-25)18-11-5-2-6-12-18;2*25-21-13-7-6-12-18(21)23-24-20-14-19(15-8-2-1-3-9-15)16-10-4-5-11-17(16)22(20)26-23;2*1-9-7-12-14(8-10(9)2)18-15(16-12)11-5-3-4-6-13(11)17;;;/h2*1-16,27H;2*1-14,25H;2*3-8,17H,1-2H3;;;. The minimum absolute atomic E-state index is 0. The molecule has 0 amide bonds. The summed E-state index contributed by atoms with van der Waals surface area (Å²) in [6, 6.07) is 145. The van der Waals surface area contributed by atoms with Crippen LogP contribution in [-0.4, -0.2) is 60.5 Å². The third kappa shape index (κ3) is 22.2. The molecule has 6 heterocycles. The normalized spacial score (nSPS) is 10.9. The molecule has 6 N–H and O–H groups in total. The van der Waals surface area contributed by atoms with Gasteiger partial charge < -0.3 is 30.6 Å². The first-order chi connectivity index (χ1) is 70.5. The van der Waals surface area contributed by atoms with Crippen LogP contribution in [0.5, 0.6) is 34.5 Å². The Labute approximate surface area is 912 Å². The summed E-state index contributed by atoms with van der Waals surface area (Å²) in [5.74, 6) is 1.61. The maximum atomic E-state index is 10.2. The minimum Gasteiger partial charge on any atom is -0.507 e. The predicted molar refractivity (Wildman–Crippen MR) is 607 cm³/mol. The smallest absolute Gasteiger partial charge is 0.128 e. The third-order valence-corrected chi connectivity index (χ3v) is 31.7. The molecule has 20 aromatic carbocycles. The van der Waals surface area contributed by atoms with Crippen molar-refractivity contribution in [3.8, 4) is 165 Å². The quantitative estimate of drug-likeness (QED) is 0.0634. The second-order valence-corrected chi connectivity index (χ2v) is 40.7. The van der Waals surface area contributed by atoms with Crippen molar-refractivity contribution in [2.24, 2.45) is 0 Å². The van der Waals surface area contributed by atoms with E-state index in [1.54, 1.807) is 104 Å². The molecule has 0 saturated heterocycles. The van der Waals surface area contributed by atoms with E-state index in [9.17, 15) is 30.6 Å². The van der Waals surface area contributed by atoms with Gasteiger partial charge in [0.25, 0.3) is 0 Å². The van der Waals surface area contributed by atoms with Gasteiger partial charge in [0.2, 0.25) is 0 Å². The number of phenols is 6. The van der Waals surface area contributed by atoms with Gasteiger partial charge in [0, 0.05) is 69.2 Å². The van der Waals surface area contributed by atoms with Gasteiger partial charge in [0.1, 0.15) is 64.5 Å². The molecule has 0 radical (unpaired) electrons. The number of aromatic hydroxyl groups is 6. The van der Waals surface area contributed by atoms with E-state index in [2.05, 4.69) is 292 Å². The molecule has 0 spiro atoms. The van der Waals surface area contributed by atoms with Gasteiger partial charge in [-0.25, -0.2) is 29.9 Å². The van der Waals surface area contributed by atoms with Crippen LogP contribution in [-0.2, 0) is 58.4 Å². The van der Waals surface area contributed by atoms with Gasteiger partial charge in [0.15, 0.2) is 0 Å². The van der Waals surface area contributed by atoms with Crippen molar-refractivity contribution < 1.29 is 89.1 Å². The Morgan fingerprint density at radius 2 is 0.333 bits per heavy atom. The Hall–Kier alpha value is -15.1. The summed E-state index contributed by atoms with van der Waals surface area (Å²) in [4.78, 5) is 28.5. The molecule has 0 fully saturated rings. The molecular weight excluding hydrogens is 2080 g/mol. The fourth-order valence-electron chi connectivity index (χ4n) is 17.6. The predicted octanol–water partition coefficient (Wildman–Crippen LogP) is 35.5. The Morgan fingerprint density at radius 1 is 0.156 bits per heavy atom. The zero-order valence-corrected chi connectivity index (χ0v) is 94.3. The van der Waals surface area contributed by atoms with E-state index in [1.165, 1.54) is 99.4 Å². The average Bonchev–Trinajstić information content (AvgIpc) is 1.52.